The summed E-state index contributed by atoms with van der Waals surface area (Å²) in [6, 6.07) is 16.5. The molecule has 0 saturated heterocycles. The first-order valence-corrected chi connectivity index (χ1v) is 9.18. The molecule has 1 aromatic heterocycles. The van der Waals surface area contributed by atoms with Crippen LogP contribution in [0.15, 0.2) is 53.9 Å². The fourth-order valence-electron chi connectivity index (χ4n) is 3.10. The summed E-state index contributed by atoms with van der Waals surface area (Å²) in [6.45, 7) is 0. The van der Waals surface area contributed by atoms with Gasteiger partial charge in [0.15, 0.2) is 0 Å². The number of hydrogen-bond acceptors (Lipinski definition) is 1. The van der Waals surface area contributed by atoms with E-state index in [0.717, 1.165) is 18.4 Å². The van der Waals surface area contributed by atoms with Crippen LogP contribution in [-0.4, -0.2) is 0 Å². The van der Waals surface area contributed by atoms with E-state index in [0.29, 0.717) is 10.0 Å². The summed E-state index contributed by atoms with van der Waals surface area (Å²) in [5, 5.41) is 3.52. The fraction of sp³-hybridized carbons (Fsp3) is 0.100. The smallest absolute Gasteiger partial charge is 0.0493 e. The number of fused-ring (bicyclic) bond motifs is 2. The lowest BCUT2D eigenvalue weighted by Gasteiger charge is -2.10. The summed E-state index contributed by atoms with van der Waals surface area (Å²) in [6.07, 6.45) is 4.36. The van der Waals surface area contributed by atoms with E-state index in [1.807, 2.05) is 23.5 Å². The molecular weight excluding hydrogens is 343 g/mol. The quantitative estimate of drug-likeness (QED) is 0.452. The second-order valence-electron chi connectivity index (χ2n) is 5.64. The first-order valence-electron chi connectivity index (χ1n) is 7.54. The average Bonchev–Trinajstić information content (AvgIpc) is 2.96. The molecule has 3 heteroatoms. The van der Waals surface area contributed by atoms with Crippen LogP contribution in [0.2, 0.25) is 10.0 Å². The maximum Gasteiger partial charge on any atom is 0.0493 e. The van der Waals surface area contributed by atoms with Crippen molar-refractivity contribution in [3.8, 4) is 0 Å². The number of thiophene rings is 1. The van der Waals surface area contributed by atoms with Crippen molar-refractivity contribution in [2.24, 2.45) is 0 Å². The Bertz CT molecular complexity index is 906. The lowest BCUT2D eigenvalue weighted by atomic mass is 9.94. The van der Waals surface area contributed by atoms with Crippen LogP contribution in [0, 0.1) is 0 Å². The normalized spacial score (nSPS) is 15.1. The molecule has 0 bridgehead atoms. The van der Waals surface area contributed by atoms with Gasteiger partial charge >= 0.3 is 0 Å². The molecule has 0 atom stereocenters. The number of rotatable bonds is 1. The third kappa shape index (κ3) is 2.85. The van der Waals surface area contributed by atoms with Crippen molar-refractivity contribution in [3.63, 3.8) is 0 Å². The van der Waals surface area contributed by atoms with Gasteiger partial charge in [0.2, 0.25) is 0 Å². The lowest BCUT2D eigenvalue weighted by Crippen LogP contribution is -1.91. The number of hydrogen-bond donors (Lipinski definition) is 0. The minimum atomic E-state index is 0.662. The van der Waals surface area contributed by atoms with Gasteiger partial charge in [0.25, 0.3) is 0 Å². The molecule has 0 saturated carbocycles. The van der Waals surface area contributed by atoms with Crippen molar-refractivity contribution < 1.29 is 0 Å². The molecule has 0 fully saturated rings. The van der Waals surface area contributed by atoms with Gasteiger partial charge in [0, 0.05) is 14.9 Å². The van der Waals surface area contributed by atoms with Crippen LogP contribution in [0.1, 0.15) is 27.1 Å². The molecule has 0 spiro atoms. The van der Waals surface area contributed by atoms with E-state index in [2.05, 4.69) is 41.8 Å². The first kappa shape index (κ1) is 15.0. The molecule has 114 valence electrons. The van der Waals surface area contributed by atoms with Gasteiger partial charge in [-0.25, -0.2) is 0 Å². The molecule has 23 heavy (non-hydrogen) atoms. The van der Waals surface area contributed by atoms with Crippen LogP contribution in [0.5, 0.6) is 0 Å². The van der Waals surface area contributed by atoms with Gasteiger partial charge < -0.3 is 0 Å². The standard InChI is InChI=1S/C20H14Cl2S/c21-15-7-5-14(19(22)12-15)11-18-16-4-2-1-3-13(16)6-8-20-17(18)9-10-23-20/h1-5,7,9-12H,6,8H2. The van der Waals surface area contributed by atoms with Crippen molar-refractivity contribution in [3.05, 3.63) is 91.1 Å². The molecule has 4 rings (SSSR count). The summed E-state index contributed by atoms with van der Waals surface area (Å²) in [4.78, 5) is 1.44. The van der Waals surface area contributed by atoms with Crippen molar-refractivity contribution in [2.45, 2.75) is 12.8 Å². The van der Waals surface area contributed by atoms with E-state index in [4.69, 9.17) is 23.2 Å². The van der Waals surface area contributed by atoms with E-state index in [1.54, 1.807) is 6.07 Å². The van der Waals surface area contributed by atoms with Crippen LogP contribution in [0.3, 0.4) is 0 Å². The van der Waals surface area contributed by atoms with Crippen LogP contribution < -0.4 is 0 Å². The van der Waals surface area contributed by atoms with Gasteiger partial charge in [0.05, 0.1) is 0 Å². The molecule has 0 radical (unpaired) electrons. The Kier molecular flexibility index (Phi) is 4.02. The minimum absolute atomic E-state index is 0.662. The third-order valence-corrected chi connectivity index (χ3v) is 5.77. The summed E-state index contributed by atoms with van der Waals surface area (Å²) in [5.74, 6) is 0. The highest BCUT2D eigenvalue weighted by molar-refractivity contribution is 7.10. The van der Waals surface area contributed by atoms with Crippen LogP contribution in [0.4, 0.5) is 0 Å². The zero-order valence-corrected chi connectivity index (χ0v) is 14.7. The Labute approximate surface area is 150 Å². The van der Waals surface area contributed by atoms with E-state index >= 15 is 0 Å². The van der Waals surface area contributed by atoms with Crippen LogP contribution >= 0.6 is 34.5 Å². The average molecular weight is 357 g/mol. The Morgan fingerprint density at radius 1 is 0.913 bits per heavy atom. The van der Waals surface area contributed by atoms with E-state index < -0.39 is 0 Å². The fourth-order valence-corrected chi connectivity index (χ4v) is 4.45. The lowest BCUT2D eigenvalue weighted by molar-refractivity contribution is 0.985. The predicted molar refractivity (Wildman–Crippen MR) is 102 cm³/mol. The SMILES string of the molecule is Clc1ccc(C=C2c3ccccc3CCc3sccc32)c(Cl)c1. The summed E-state index contributed by atoms with van der Waals surface area (Å²) in [7, 11) is 0. The van der Waals surface area contributed by atoms with Gasteiger partial charge in [-0.2, -0.15) is 0 Å². The van der Waals surface area contributed by atoms with Crippen molar-refractivity contribution in [1.29, 1.82) is 0 Å². The summed E-state index contributed by atoms with van der Waals surface area (Å²) in [5.41, 5.74) is 6.27. The minimum Gasteiger partial charge on any atom is -0.148 e. The predicted octanol–water partition coefficient (Wildman–Crippen LogP) is 6.74. The molecule has 1 heterocycles. The monoisotopic (exact) mass is 356 g/mol. The zero-order chi connectivity index (χ0) is 15.8. The topological polar surface area (TPSA) is 0 Å². The van der Waals surface area contributed by atoms with Crippen molar-refractivity contribution in [2.75, 3.05) is 0 Å². The molecule has 3 aromatic rings. The highest BCUT2D eigenvalue weighted by atomic mass is 35.5. The highest BCUT2D eigenvalue weighted by Gasteiger charge is 2.19. The van der Waals surface area contributed by atoms with Gasteiger partial charge in [-0.1, -0.05) is 53.5 Å². The molecule has 2 aromatic carbocycles. The summed E-state index contributed by atoms with van der Waals surface area (Å²) >= 11 is 14.3. The van der Waals surface area contributed by atoms with Crippen molar-refractivity contribution in [1.82, 2.24) is 0 Å². The largest absolute Gasteiger partial charge is 0.148 e. The summed E-state index contributed by atoms with van der Waals surface area (Å²) < 4.78 is 0. The second-order valence-corrected chi connectivity index (χ2v) is 7.48. The van der Waals surface area contributed by atoms with Crippen LogP contribution in [-0.2, 0) is 12.8 Å². The molecule has 1 aliphatic rings. The maximum absolute atomic E-state index is 6.39. The van der Waals surface area contributed by atoms with E-state index in [1.165, 1.54) is 27.1 Å². The van der Waals surface area contributed by atoms with E-state index in [9.17, 15) is 0 Å². The molecule has 0 aliphatic heterocycles. The van der Waals surface area contributed by atoms with Gasteiger partial charge in [-0.15, -0.1) is 11.3 Å². The zero-order valence-electron chi connectivity index (χ0n) is 12.4. The first-order chi connectivity index (χ1) is 11.2. The number of halogens is 2. The Morgan fingerprint density at radius 3 is 2.65 bits per heavy atom. The number of aryl methyl sites for hydroxylation is 2. The maximum atomic E-state index is 6.39. The molecule has 0 unspecified atom stereocenters. The molecule has 0 nitrogen and oxygen atoms in total. The Balaban J connectivity index is 1.95. The molecule has 1 aliphatic carbocycles. The third-order valence-electron chi connectivity index (χ3n) is 4.23. The van der Waals surface area contributed by atoms with Gasteiger partial charge in [-0.05, 0) is 70.3 Å². The Morgan fingerprint density at radius 2 is 1.78 bits per heavy atom. The van der Waals surface area contributed by atoms with E-state index in [-0.39, 0.29) is 0 Å². The molecular formula is C20H14Cl2S. The van der Waals surface area contributed by atoms with Gasteiger partial charge in [-0.3, -0.25) is 0 Å². The second kappa shape index (κ2) is 6.16. The van der Waals surface area contributed by atoms with Gasteiger partial charge in [0.1, 0.15) is 0 Å². The molecule has 0 amide bonds. The van der Waals surface area contributed by atoms with Crippen LogP contribution in [0.25, 0.3) is 11.6 Å². The number of benzene rings is 2. The van der Waals surface area contributed by atoms with Crippen molar-refractivity contribution >= 4 is 46.2 Å². The Hall–Kier alpha value is -1.54. The molecule has 0 N–H and O–H groups in total. The highest BCUT2D eigenvalue weighted by Crippen LogP contribution is 2.38.